The quantitative estimate of drug-likeness (QED) is 0.925. The molecule has 0 spiro atoms. The fourth-order valence-corrected chi connectivity index (χ4v) is 2.20. The number of pyridine rings is 1. The first-order valence-electron chi connectivity index (χ1n) is 6.51. The van der Waals surface area contributed by atoms with Crippen LogP contribution in [0.2, 0.25) is 0 Å². The van der Waals surface area contributed by atoms with Gasteiger partial charge in [-0.2, -0.15) is 5.26 Å². The number of phenolic OH excluding ortho intramolecular Hbond substituents is 1. The van der Waals surface area contributed by atoms with Crippen LogP contribution in [0.1, 0.15) is 23.7 Å². The molecule has 1 heterocycles. The van der Waals surface area contributed by atoms with Crippen molar-refractivity contribution in [3.8, 4) is 11.8 Å². The zero-order valence-electron chi connectivity index (χ0n) is 11.9. The highest BCUT2D eigenvalue weighted by Crippen LogP contribution is 2.30. The summed E-state index contributed by atoms with van der Waals surface area (Å²) in [6, 6.07) is 10.9. The lowest BCUT2D eigenvalue weighted by molar-refractivity contribution is 0.475. The minimum atomic E-state index is 0.220. The molecule has 20 heavy (non-hydrogen) atoms. The average Bonchev–Trinajstić information content (AvgIpc) is 2.43. The molecule has 0 saturated carbocycles. The van der Waals surface area contributed by atoms with Crippen molar-refractivity contribution in [2.24, 2.45) is 0 Å². The fraction of sp³-hybridized carbons (Fsp3) is 0.250. The number of aromatic hydroxyl groups is 1. The molecule has 4 nitrogen and oxygen atoms in total. The number of rotatable bonds is 3. The SMILES string of the molecule is CCN(c1cc(C#N)cc(C)n1)c1cc(O)ccc1C. The van der Waals surface area contributed by atoms with Gasteiger partial charge >= 0.3 is 0 Å². The van der Waals surface area contributed by atoms with Gasteiger partial charge in [-0.25, -0.2) is 4.98 Å². The van der Waals surface area contributed by atoms with E-state index in [1.807, 2.05) is 31.7 Å². The molecular formula is C16H17N3O. The molecular weight excluding hydrogens is 250 g/mol. The minimum absolute atomic E-state index is 0.220. The van der Waals surface area contributed by atoms with Crippen LogP contribution in [-0.2, 0) is 0 Å². The smallest absolute Gasteiger partial charge is 0.134 e. The number of benzene rings is 1. The highest BCUT2D eigenvalue weighted by molar-refractivity contribution is 5.66. The Morgan fingerprint density at radius 2 is 2.00 bits per heavy atom. The van der Waals surface area contributed by atoms with Gasteiger partial charge in [-0.05, 0) is 44.5 Å². The predicted octanol–water partition coefficient (Wildman–Crippen LogP) is 3.43. The topological polar surface area (TPSA) is 60.2 Å². The molecule has 0 unspecified atom stereocenters. The number of hydrogen-bond donors (Lipinski definition) is 1. The van der Waals surface area contributed by atoms with Crippen LogP contribution in [0.15, 0.2) is 30.3 Å². The molecule has 0 amide bonds. The zero-order valence-corrected chi connectivity index (χ0v) is 11.9. The Labute approximate surface area is 118 Å². The third-order valence-electron chi connectivity index (χ3n) is 3.15. The highest BCUT2D eigenvalue weighted by Gasteiger charge is 2.13. The number of anilines is 2. The second-order valence-corrected chi connectivity index (χ2v) is 4.68. The van der Waals surface area contributed by atoms with Gasteiger partial charge in [0.25, 0.3) is 0 Å². The first-order chi connectivity index (χ1) is 9.55. The zero-order chi connectivity index (χ0) is 14.7. The number of nitriles is 1. The molecule has 1 aromatic carbocycles. The van der Waals surface area contributed by atoms with Gasteiger partial charge in [0.1, 0.15) is 11.6 Å². The van der Waals surface area contributed by atoms with Crippen molar-refractivity contribution in [2.75, 3.05) is 11.4 Å². The van der Waals surface area contributed by atoms with E-state index in [9.17, 15) is 5.11 Å². The molecule has 0 aliphatic heterocycles. The van der Waals surface area contributed by atoms with Crippen LogP contribution in [0.3, 0.4) is 0 Å². The fourth-order valence-electron chi connectivity index (χ4n) is 2.20. The van der Waals surface area contributed by atoms with E-state index in [-0.39, 0.29) is 5.75 Å². The van der Waals surface area contributed by atoms with E-state index in [0.717, 1.165) is 22.8 Å². The first-order valence-corrected chi connectivity index (χ1v) is 6.51. The molecule has 0 radical (unpaired) electrons. The second kappa shape index (κ2) is 5.62. The molecule has 4 heteroatoms. The van der Waals surface area contributed by atoms with E-state index in [0.29, 0.717) is 12.1 Å². The van der Waals surface area contributed by atoms with Crippen LogP contribution >= 0.6 is 0 Å². The lowest BCUT2D eigenvalue weighted by Crippen LogP contribution is -2.18. The molecule has 2 rings (SSSR count). The standard InChI is InChI=1S/C16H17N3O/c1-4-19(15-9-14(20)6-5-11(15)2)16-8-13(10-17)7-12(3)18-16/h5-9,20H,4H2,1-3H3. The molecule has 102 valence electrons. The third-order valence-corrected chi connectivity index (χ3v) is 3.15. The van der Waals surface area contributed by atoms with Crippen LogP contribution in [0.5, 0.6) is 5.75 Å². The number of nitrogens with zero attached hydrogens (tertiary/aromatic N) is 3. The van der Waals surface area contributed by atoms with E-state index < -0.39 is 0 Å². The van der Waals surface area contributed by atoms with Crippen LogP contribution in [0.4, 0.5) is 11.5 Å². The molecule has 0 saturated heterocycles. The predicted molar refractivity (Wildman–Crippen MR) is 79.2 cm³/mol. The van der Waals surface area contributed by atoms with Gasteiger partial charge < -0.3 is 10.0 Å². The maximum atomic E-state index is 9.68. The Bertz CT molecular complexity index is 674. The van der Waals surface area contributed by atoms with E-state index in [1.165, 1.54) is 0 Å². The lowest BCUT2D eigenvalue weighted by atomic mass is 10.1. The average molecular weight is 267 g/mol. The van der Waals surface area contributed by atoms with Crippen LogP contribution in [0.25, 0.3) is 0 Å². The van der Waals surface area contributed by atoms with Gasteiger partial charge in [-0.3, -0.25) is 0 Å². The molecule has 2 aromatic rings. The molecule has 1 aromatic heterocycles. The molecule has 0 aliphatic rings. The second-order valence-electron chi connectivity index (χ2n) is 4.68. The molecule has 0 bridgehead atoms. The van der Waals surface area contributed by atoms with Crippen molar-refractivity contribution in [2.45, 2.75) is 20.8 Å². The van der Waals surface area contributed by atoms with Gasteiger partial charge in [0.05, 0.1) is 11.6 Å². The molecule has 0 fully saturated rings. The van der Waals surface area contributed by atoms with E-state index in [1.54, 1.807) is 24.3 Å². The summed E-state index contributed by atoms with van der Waals surface area (Å²) in [5.41, 5.74) is 3.33. The van der Waals surface area contributed by atoms with Gasteiger partial charge in [-0.1, -0.05) is 6.07 Å². The van der Waals surface area contributed by atoms with E-state index in [4.69, 9.17) is 5.26 Å². The minimum Gasteiger partial charge on any atom is -0.508 e. The summed E-state index contributed by atoms with van der Waals surface area (Å²) in [6.07, 6.45) is 0. The summed E-state index contributed by atoms with van der Waals surface area (Å²) in [7, 11) is 0. The Morgan fingerprint density at radius 1 is 1.25 bits per heavy atom. The molecule has 0 atom stereocenters. The van der Waals surface area contributed by atoms with E-state index in [2.05, 4.69) is 11.1 Å². The Balaban J connectivity index is 2.55. The monoisotopic (exact) mass is 267 g/mol. The Hall–Kier alpha value is -2.54. The summed E-state index contributed by atoms with van der Waals surface area (Å²) in [4.78, 5) is 6.48. The summed E-state index contributed by atoms with van der Waals surface area (Å²) in [6.45, 7) is 6.57. The number of aryl methyl sites for hydroxylation is 2. The number of hydrogen-bond acceptors (Lipinski definition) is 4. The van der Waals surface area contributed by atoms with Crippen LogP contribution in [-0.4, -0.2) is 16.6 Å². The van der Waals surface area contributed by atoms with Crippen molar-refractivity contribution in [1.82, 2.24) is 4.98 Å². The van der Waals surface area contributed by atoms with Crippen molar-refractivity contribution >= 4 is 11.5 Å². The largest absolute Gasteiger partial charge is 0.508 e. The van der Waals surface area contributed by atoms with Crippen molar-refractivity contribution in [1.29, 1.82) is 5.26 Å². The van der Waals surface area contributed by atoms with Crippen molar-refractivity contribution in [3.05, 3.63) is 47.2 Å². The van der Waals surface area contributed by atoms with E-state index >= 15 is 0 Å². The normalized spacial score (nSPS) is 10.1. The summed E-state index contributed by atoms with van der Waals surface area (Å²) in [5, 5.41) is 18.8. The van der Waals surface area contributed by atoms with Crippen molar-refractivity contribution < 1.29 is 5.11 Å². The van der Waals surface area contributed by atoms with Gasteiger partial charge in [0, 0.05) is 24.0 Å². The van der Waals surface area contributed by atoms with Crippen molar-refractivity contribution in [3.63, 3.8) is 0 Å². The molecule has 0 aliphatic carbocycles. The first kappa shape index (κ1) is 13.9. The van der Waals surface area contributed by atoms with Gasteiger partial charge in [0.2, 0.25) is 0 Å². The Morgan fingerprint density at radius 3 is 2.65 bits per heavy atom. The summed E-state index contributed by atoms with van der Waals surface area (Å²) < 4.78 is 0. The highest BCUT2D eigenvalue weighted by atomic mass is 16.3. The lowest BCUT2D eigenvalue weighted by Gasteiger charge is -2.24. The third kappa shape index (κ3) is 2.72. The van der Waals surface area contributed by atoms with Gasteiger partial charge in [0.15, 0.2) is 0 Å². The number of phenols is 1. The summed E-state index contributed by atoms with van der Waals surface area (Å²) >= 11 is 0. The Kier molecular flexibility index (Phi) is 3.90. The maximum absolute atomic E-state index is 9.68. The number of aromatic nitrogens is 1. The maximum Gasteiger partial charge on any atom is 0.134 e. The van der Waals surface area contributed by atoms with Crippen LogP contribution in [0, 0.1) is 25.2 Å². The molecule has 1 N–H and O–H groups in total. The van der Waals surface area contributed by atoms with Crippen LogP contribution < -0.4 is 4.90 Å². The van der Waals surface area contributed by atoms with Gasteiger partial charge in [-0.15, -0.1) is 0 Å². The summed E-state index contributed by atoms with van der Waals surface area (Å²) in [5.74, 6) is 0.940.